The van der Waals surface area contributed by atoms with E-state index in [4.69, 9.17) is 69.3 Å². The lowest BCUT2D eigenvalue weighted by molar-refractivity contribution is 0.617. The highest BCUT2D eigenvalue weighted by molar-refractivity contribution is 6.34. The predicted molar refractivity (Wildman–Crippen MR) is 343 cm³/mol. The van der Waals surface area contributed by atoms with E-state index >= 15 is 0 Å². The van der Waals surface area contributed by atoms with Crippen molar-refractivity contribution in [3.05, 3.63) is 246 Å². The topological polar surface area (TPSA) is 128 Å². The van der Waals surface area contributed by atoms with Gasteiger partial charge in [-0.15, -0.1) is 0 Å². The van der Waals surface area contributed by atoms with Gasteiger partial charge in [-0.3, -0.25) is 0 Å². The van der Waals surface area contributed by atoms with E-state index < -0.39 is 0 Å². The van der Waals surface area contributed by atoms with Crippen molar-refractivity contribution in [1.29, 1.82) is 0 Å². The van der Waals surface area contributed by atoms with E-state index in [1.807, 2.05) is 72.8 Å². The molecule has 8 rings (SSSR count). The van der Waals surface area contributed by atoms with Gasteiger partial charge in [0, 0.05) is 45.6 Å². The number of nitrogen functional groups attached to an aromatic ring is 4. The summed E-state index contributed by atoms with van der Waals surface area (Å²) in [5.74, 6) is 0. The molecule has 0 saturated carbocycles. The van der Waals surface area contributed by atoms with Gasteiger partial charge in [-0.2, -0.15) is 0 Å². The molecule has 0 aliphatic carbocycles. The lowest BCUT2D eigenvalue weighted by atomic mass is 9.73. The second kappa shape index (κ2) is 26.1. The number of halogens is 4. The maximum atomic E-state index is 6.27. The van der Waals surface area contributed by atoms with Crippen LogP contribution in [0, 0.1) is 0 Å². The summed E-state index contributed by atoms with van der Waals surface area (Å²) < 4.78 is 0. The maximum Gasteiger partial charge on any atom is 0.0638 e. The Labute approximate surface area is 486 Å². The molecule has 0 fully saturated rings. The van der Waals surface area contributed by atoms with Crippen LogP contribution in [0.3, 0.4) is 0 Å². The molecule has 0 aliphatic heterocycles. The van der Waals surface area contributed by atoms with E-state index in [0.717, 1.165) is 48.1 Å². The average Bonchev–Trinajstić information content (AvgIpc) is 3.46. The second-order valence-corrected chi connectivity index (χ2v) is 24.2. The van der Waals surface area contributed by atoms with Crippen LogP contribution in [0.1, 0.15) is 145 Å². The van der Waals surface area contributed by atoms with Crippen molar-refractivity contribution < 1.29 is 0 Å². The molecule has 78 heavy (non-hydrogen) atoms. The third kappa shape index (κ3) is 15.1. The van der Waals surface area contributed by atoms with Crippen LogP contribution in [0.25, 0.3) is 0 Å². The Hall–Kier alpha value is -6.28. The molecule has 0 radical (unpaired) electrons. The minimum Gasteiger partial charge on any atom is -0.398 e. The monoisotopic (exact) mass is 1120 g/mol. The zero-order valence-corrected chi connectivity index (χ0v) is 50.4. The Morgan fingerprint density at radius 3 is 0.987 bits per heavy atom. The van der Waals surface area contributed by atoms with Gasteiger partial charge in [0.05, 0.1) is 42.8 Å². The van der Waals surface area contributed by atoms with E-state index in [9.17, 15) is 0 Å². The van der Waals surface area contributed by atoms with Gasteiger partial charge in [0.15, 0.2) is 0 Å². The first-order valence-electron chi connectivity index (χ1n) is 26.9. The highest BCUT2D eigenvalue weighted by atomic mass is 35.5. The van der Waals surface area contributed by atoms with Crippen LogP contribution in [-0.4, -0.2) is 12.6 Å². The number of anilines is 6. The van der Waals surface area contributed by atoms with Crippen LogP contribution in [0.2, 0.25) is 20.1 Å². The maximum absolute atomic E-state index is 6.27. The van der Waals surface area contributed by atoms with Crippen molar-refractivity contribution in [2.24, 2.45) is 0 Å². The van der Waals surface area contributed by atoms with E-state index in [1.54, 1.807) is 0 Å². The Balaban J connectivity index is 0.000000191. The van der Waals surface area contributed by atoms with Crippen molar-refractivity contribution >= 4 is 80.5 Å². The summed E-state index contributed by atoms with van der Waals surface area (Å²) in [5, 5.41) is 9.25. The van der Waals surface area contributed by atoms with Crippen molar-refractivity contribution in [2.75, 3.05) is 40.1 Å². The summed E-state index contributed by atoms with van der Waals surface area (Å²) in [7, 11) is 0. The molecule has 0 heterocycles. The van der Waals surface area contributed by atoms with E-state index in [1.165, 1.54) is 44.8 Å². The number of hydrogen-bond donors (Lipinski definition) is 6. The van der Waals surface area contributed by atoms with E-state index in [-0.39, 0.29) is 21.7 Å². The third-order valence-electron chi connectivity index (χ3n) is 15.4. The van der Waals surface area contributed by atoms with Gasteiger partial charge in [0.25, 0.3) is 0 Å². The van der Waals surface area contributed by atoms with Crippen LogP contribution >= 0.6 is 46.4 Å². The SMILES string of the molecule is CC(C)(c1ccc(C(C)(C)c2ccc(N)c(Cl)c2)cc1)c1ccc(N)c(Cl)c1.CC(C)(c1cccc(C(C)(C)c2ccc(N)c(Cl)c2)c1)c1ccc(N)c(Cl)c1.CCCNc1ccc(Cc2ccc(NC(C)CC)cc2)cc1. The quantitative estimate of drug-likeness (QED) is 0.0535. The van der Waals surface area contributed by atoms with Crippen LogP contribution in [0.4, 0.5) is 34.1 Å². The summed E-state index contributed by atoms with van der Waals surface area (Å²) in [6.07, 6.45) is 3.27. The first kappa shape index (κ1) is 60.9. The van der Waals surface area contributed by atoms with Gasteiger partial charge < -0.3 is 33.6 Å². The zero-order valence-electron chi connectivity index (χ0n) is 47.4. The highest BCUT2D eigenvalue weighted by Gasteiger charge is 2.30. The number of nitrogens with two attached hydrogens (primary N) is 4. The molecule has 10 N–H and O–H groups in total. The standard InChI is InChI=1S/2C24H26Cl2N2.C20H28N2/c1-23(2,17-9-11-21(27)19(25)13-17)15-5-7-16(8-6-15)24(3,4)18-10-12-22(28)20(26)14-18;1-23(2,17-8-10-21(27)19(25)13-17)15-6-5-7-16(12-15)24(3,4)18-9-11-22(28)20(26)14-18;1-4-14-21-19-10-6-17(7-11-19)15-18-8-12-20(13-9-18)22-16(3)5-2/h2*5-14H,27-28H2,1-4H3;6-13,16,21-22H,4-5,14-15H2,1-3H3. The molecule has 8 aromatic carbocycles. The number of benzene rings is 8. The highest BCUT2D eigenvalue weighted by Crippen LogP contribution is 2.41. The average molecular weight is 1120 g/mol. The summed E-state index contributed by atoms with van der Waals surface area (Å²) in [6, 6.07) is 58.9. The molecule has 10 heteroatoms. The Morgan fingerprint density at radius 1 is 0.385 bits per heavy atom. The van der Waals surface area contributed by atoms with Gasteiger partial charge in [-0.25, -0.2) is 0 Å². The third-order valence-corrected chi connectivity index (χ3v) is 16.8. The van der Waals surface area contributed by atoms with Gasteiger partial charge in [0.2, 0.25) is 0 Å². The normalized spacial score (nSPS) is 12.1. The molecule has 1 atom stereocenters. The van der Waals surface area contributed by atoms with Crippen molar-refractivity contribution in [1.82, 2.24) is 0 Å². The molecule has 410 valence electrons. The Bertz CT molecular complexity index is 3090. The van der Waals surface area contributed by atoms with Gasteiger partial charge in [-0.1, -0.05) is 213 Å². The largest absolute Gasteiger partial charge is 0.398 e. The Kier molecular flexibility index (Phi) is 20.4. The van der Waals surface area contributed by atoms with Crippen LogP contribution in [-0.2, 0) is 28.1 Å². The van der Waals surface area contributed by atoms with Crippen LogP contribution in [0.15, 0.2) is 170 Å². The Morgan fingerprint density at radius 2 is 0.679 bits per heavy atom. The molecule has 0 spiro atoms. The number of rotatable bonds is 16. The fourth-order valence-electron chi connectivity index (χ4n) is 9.28. The molecular weight excluding hydrogens is 1040 g/mol. The van der Waals surface area contributed by atoms with Crippen molar-refractivity contribution in [2.45, 2.75) is 123 Å². The summed E-state index contributed by atoms with van der Waals surface area (Å²) >= 11 is 25.0. The van der Waals surface area contributed by atoms with Gasteiger partial charge >= 0.3 is 0 Å². The van der Waals surface area contributed by atoms with Crippen LogP contribution < -0.4 is 33.6 Å². The fourth-order valence-corrected chi connectivity index (χ4v) is 10.0. The summed E-state index contributed by atoms with van der Waals surface area (Å²) in [5.41, 5.74) is 39.5. The molecule has 0 aromatic heterocycles. The number of nitrogens with one attached hydrogen (secondary N) is 2. The molecular formula is C68H80Cl4N6. The second-order valence-electron chi connectivity index (χ2n) is 22.6. The fraction of sp³-hybridized carbons (Fsp3) is 0.294. The van der Waals surface area contributed by atoms with Gasteiger partial charge in [0.1, 0.15) is 0 Å². The lowest BCUT2D eigenvalue weighted by Crippen LogP contribution is -2.23. The van der Waals surface area contributed by atoms with E-state index in [0.29, 0.717) is 48.9 Å². The molecule has 1 unspecified atom stereocenters. The molecule has 0 amide bonds. The zero-order chi connectivity index (χ0) is 57.2. The molecule has 0 bridgehead atoms. The number of hydrogen-bond acceptors (Lipinski definition) is 6. The first-order valence-corrected chi connectivity index (χ1v) is 28.4. The summed E-state index contributed by atoms with van der Waals surface area (Å²) in [4.78, 5) is 0. The molecule has 0 aliphatic rings. The van der Waals surface area contributed by atoms with Gasteiger partial charge in [-0.05, 0) is 155 Å². The summed E-state index contributed by atoms with van der Waals surface area (Å²) in [6.45, 7) is 25.2. The lowest BCUT2D eigenvalue weighted by Gasteiger charge is -2.31. The first-order chi connectivity index (χ1) is 36.8. The minimum atomic E-state index is -0.220. The van der Waals surface area contributed by atoms with Crippen LogP contribution in [0.5, 0.6) is 0 Å². The molecule has 8 aromatic rings. The van der Waals surface area contributed by atoms with Crippen molar-refractivity contribution in [3.8, 4) is 0 Å². The molecule has 6 nitrogen and oxygen atoms in total. The molecule has 0 saturated heterocycles. The van der Waals surface area contributed by atoms with E-state index in [2.05, 4.69) is 184 Å². The predicted octanol–water partition coefficient (Wildman–Crippen LogP) is 18.9. The van der Waals surface area contributed by atoms with Crippen molar-refractivity contribution in [3.63, 3.8) is 0 Å². The smallest absolute Gasteiger partial charge is 0.0638 e. The minimum absolute atomic E-state index is 0.190.